The lowest BCUT2D eigenvalue weighted by Crippen LogP contribution is -2.32. The molecule has 1 aromatic rings. The van der Waals surface area contributed by atoms with Crippen LogP contribution in [-0.2, 0) is 11.2 Å². The third-order valence-corrected chi connectivity index (χ3v) is 4.00. The van der Waals surface area contributed by atoms with Gasteiger partial charge in [-0.3, -0.25) is 4.79 Å². The number of hydrogen-bond acceptors (Lipinski definition) is 2. The fourth-order valence-corrected chi connectivity index (χ4v) is 2.83. The van der Waals surface area contributed by atoms with Crippen molar-refractivity contribution in [3.8, 4) is 5.75 Å². The van der Waals surface area contributed by atoms with Gasteiger partial charge >= 0.3 is 0 Å². The Labute approximate surface area is 128 Å². The summed E-state index contributed by atoms with van der Waals surface area (Å²) in [5.74, 6) is 1.06. The lowest BCUT2D eigenvalue weighted by atomic mass is 10.1. The highest BCUT2D eigenvalue weighted by Crippen LogP contribution is 2.18. The Morgan fingerprint density at radius 2 is 1.95 bits per heavy atom. The first-order chi connectivity index (χ1) is 10.3. The predicted octanol–water partition coefficient (Wildman–Crippen LogP) is 3.86. The average molecular weight is 289 g/mol. The van der Waals surface area contributed by atoms with Crippen LogP contribution in [0.25, 0.3) is 0 Å². The fraction of sp³-hybridized carbons (Fsp3) is 0.611. The molecule has 1 saturated carbocycles. The van der Waals surface area contributed by atoms with Crippen LogP contribution in [0.1, 0.15) is 57.4 Å². The Morgan fingerprint density at radius 1 is 1.24 bits per heavy atom. The summed E-state index contributed by atoms with van der Waals surface area (Å²) in [6.45, 7) is 2.78. The van der Waals surface area contributed by atoms with Crippen LogP contribution in [-0.4, -0.2) is 18.6 Å². The van der Waals surface area contributed by atoms with Gasteiger partial charge < -0.3 is 10.1 Å². The average Bonchev–Trinajstić information content (AvgIpc) is 2.98. The van der Waals surface area contributed by atoms with E-state index >= 15 is 0 Å². The zero-order valence-electron chi connectivity index (χ0n) is 13.1. The van der Waals surface area contributed by atoms with Crippen molar-refractivity contribution in [2.45, 2.75) is 64.3 Å². The minimum Gasteiger partial charge on any atom is -0.494 e. The number of carbonyl (C=O) groups is 1. The van der Waals surface area contributed by atoms with Gasteiger partial charge in [-0.2, -0.15) is 0 Å². The lowest BCUT2D eigenvalue weighted by molar-refractivity contribution is -0.122. The van der Waals surface area contributed by atoms with Crippen molar-refractivity contribution < 1.29 is 9.53 Å². The van der Waals surface area contributed by atoms with E-state index in [-0.39, 0.29) is 5.91 Å². The molecule has 2 rings (SSSR count). The summed E-state index contributed by atoms with van der Waals surface area (Å²) < 4.78 is 5.68. The number of carbonyl (C=O) groups excluding carboxylic acids is 1. The van der Waals surface area contributed by atoms with Crippen LogP contribution in [0.2, 0.25) is 0 Å². The Bertz CT molecular complexity index is 421. The molecule has 0 aliphatic heterocycles. The maximum Gasteiger partial charge on any atom is 0.220 e. The van der Waals surface area contributed by atoms with E-state index in [4.69, 9.17) is 4.74 Å². The lowest BCUT2D eigenvalue weighted by Gasteiger charge is -2.12. The van der Waals surface area contributed by atoms with Gasteiger partial charge in [0.1, 0.15) is 5.75 Å². The summed E-state index contributed by atoms with van der Waals surface area (Å²) in [6.07, 6.45) is 8.40. The van der Waals surface area contributed by atoms with Crippen LogP contribution in [0, 0.1) is 0 Å². The highest BCUT2D eigenvalue weighted by molar-refractivity contribution is 5.76. The van der Waals surface area contributed by atoms with Crippen molar-refractivity contribution in [1.29, 1.82) is 0 Å². The Balaban J connectivity index is 1.59. The number of rotatable bonds is 8. The van der Waals surface area contributed by atoms with E-state index in [1.807, 2.05) is 12.1 Å². The highest BCUT2D eigenvalue weighted by atomic mass is 16.5. The second-order valence-electron chi connectivity index (χ2n) is 5.89. The molecule has 0 saturated heterocycles. The second kappa shape index (κ2) is 8.71. The van der Waals surface area contributed by atoms with Crippen molar-refractivity contribution in [2.24, 2.45) is 0 Å². The summed E-state index contributed by atoms with van der Waals surface area (Å²) in [7, 11) is 0. The molecule has 21 heavy (non-hydrogen) atoms. The first-order valence-electron chi connectivity index (χ1n) is 8.29. The van der Waals surface area contributed by atoms with Gasteiger partial charge in [0.05, 0.1) is 6.61 Å². The molecular weight excluding hydrogens is 262 g/mol. The van der Waals surface area contributed by atoms with Gasteiger partial charge in [0.2, 0.25) is 5.91 Å². The van der Waals surface area contributed by atoms with Crippen LogP contribution < -0.4 is 10.1 Å². The molecule has 1 fully saturated rings. The molecule has 1 amide bonds. The molecular formula is C18H27NO2. The molecule has 0 atom stereocenters. The molecule has 1 aromatic carbocycles. The van der Waals surface area contributed by atoms with Gasteiger partial charge in [0, 0.05) is 12.5 Å². The van der Waals surface area contributed by atoms with Crippen LogP contribution in [0.15, 0.2) is 24.3 Å². The first kappa shape index (κ1) is 15.9. The number of benzene rings is 1. The largest absolute Gasteiger partial charge is 0.494 e. The monoisotopic (exact) mass is 289 g/mol. The van der Waals surface area contributed by atoms with E-state index in [2.05, 4.69) is 24.4 Å². The third kappa shape index (κ3) is 5.78. The van der Waals surface area contributed by atoms with Gasteiger partial charge in [0.15, 0.2) is 0 Å². The molecule has 0 radical (unpaired) electrons. The van der Waals surface area contributed by atoms with Gasteiger partial charge in [-0.25, -0.2) is 0 Å². The molecule has 1 aliphatic rings. The van der Waals surface area contributed by atoms with Gasteiger partial charge in [-0.15, -0.1) is 0 Å². The van der Waals surface area contributed by atoms with E-state index in [1.165, 1.54) is 18.4 Å². The summed E-state index contributed by atoms with van der Waals surface area (Å²) >= 11 is 0. The minimum atomic E-state index is 0.170. The molecule has 0 bridgehead atoms. The molecule has 3 nitrogen and oxygen atoms in total. The Hall–Kier alpha value is -1.51. The third-order valence-electron chi connectivity index (χ3n) is 4.00. The Morgan fingerprint density at radius 3 is 2.62 bits per heavy atom. The van der Waals surface area contributed by atoms with Gasteiger partial charge in [-0.1, -0.05) is 38.3 Å². The SMILES string of the molecule is CCCc1ccc(OCCCC(=O)NC2CCCC2)cc1. The normalized spacial score (nSPS) is 15.1. The van der Waals surface area contributed by atoms with E-state index in [0.717, 1.165) is 37.9 Å². The van der Waals surface area contributed by atoms with Crippen molar-refractivity contribution in [2.75, 3.05) is 6.61 Å². The van der Waals surface area contributed by atoms with Crippen molar-refractivity contribution >= 4 is 5.91 Å². The predicted molar refractivity (Wildman–Crippen MR) is 85.6 cm³/mol. The van der Waals surface area contributed by atoms with E-state index in [1.54, 1.807) is 0 Å². The second-order valence-corrected chi connectivity index (χ2v) is 5.89. The van der Waals surface area contributed by atoms with E-state index in [9.17, 15) is 4.79 Å². The van der Waals surface area contributed by atoms with Crippen molar-refractivity contribution in [3.05, 3.63) is 29.8 Å². The number of aryl methyl sites for hydroxylation is 1. The Kier molecular flexibility index (Phi) is 6.58. The summed E-state index contributed by atoms with van der Waals surface area (Å²) in [5, 5.41) is 3.10. The zero-order valence-corrected chi connectivity index (χ0v) is 13.1. The minimum absolute atomic E-state index is 0.170. The molecule has 0 spiro atoms. The van der Waals surface area contributed by atoms with Gasteiger partial charge in [0.25, 0.3) is 0 Å². The summed E-state index contributed by atoms with van der Waals surface area (Å²) in [4.78, 5) is 11.8. The maximum absolute atomic E-state index is 11.8. The standard InChI is InChI=1S/C18H27NO2/c1-2-6-15-10-12-17(13-11-15)21-14-5-9-18(20)19-16-7-3-4-8-16/h10-13,16H,2-9,14H2,1H3,(H,19,20). The number of amides is 1. The molecule has 116 valence electrons. The fourth-order valence-electron chi connectivity index (χ4n) is 2.83. The smallest absolute Gasteiger partial charge is 0.220 e. The van der Waals surface area contributed by atoms with Crippen molar-refractivity contribution in [3.63, 3.8) is 0 Å². The zero-order chi connectivity index (χ0) is 14.9. The number of nitrogens with one attached hydrogen (secondary N) is 1. The quantitative estimate of drug-likeness (QED) is 0.738. The van der Waals surface area contributed by atoms with Crippen molar-refractivity contribution in [1.82, 2.24) is 5.32 Å². The molecule has 1 aliphatic carbocycles. The number of hydrogen-bond donors (Lipinski definition) is 1. The summed E-state index contributed by atoms with van der Waals surface area (Å²) in [5.41, 5.74) is 1.35. The van der Waals surface area contributed by atoms with E-state index < -0.39 is 0 Å². The molecule has 1 N–H and O–H groups in total. The van der Waals surface area contributed by atoms with Crippen LogP contribution in [0.5, 0.6) is 5.75 Å². The summed E-state index contributed by atoms with van der Waals surface area (Å²) in [6, 6.07) is 8.69. The molecule has 3 heteroatoms. The van der Waals surface area contributed by atoms with Crippen LogP contribution in [0.4, 0.5) is 0 Å². The molecule has 0 aromatic heterocycles. The highest BCUT2D eigenvalue weighted by Gasteiger charge is 2.16. The maximum atomic E-state index is 11.8. The number of ether oxygens (including phenoxy) is 1. The van der Waals surface area contributed by atoms with E-state index in [0.29, 0.717) is 19.1 Å². The topological polar surface area (TPSA) is 38.3 Å². The van der Waals surface area contributed by atoms with Crippen LogP contribution >= 0.6 is 0 Å². The molecule has 0 heterocycles. The van der Waals surface area contributed by atoms with Crippen LogP contribution in [0.3, 0.4) is 0 Å². The molecule has 0 unspecified atom stereocenters. The first-order valence-corrected chi connectivity index (χ1v) is 8.29. The van der Waals surface area contributed by atoms with Gasteiger partial charge in [-0.05, 0) is 43.4 Å².